The van der Waals surface area contributed by atoms with Crippen molar-refractivity contribution in [1.29, 1.82) is 0 Å². The molecule has 2 N–H and O–H groups in total. The summed E-state index contributed by atoms with van der Waals surface area (Å²) in [5.74, 6) is 0. The Hall–Kier alpha value is -0.800. The third-order valence-corrected chi connectivity index (χ3v) is 4.34. The predicted molar refractivity (Wildman–Crippen MR) is 80.0 cm³/mol. The van der Waals surface area contributed by atoms with E-state index in [-0.39, 0.29) is 0 Å². The molecular formula is C15H19BrN2. The first-order valence-corrected chi connectivity index (χ1v) is 7.62. The molecule has 18 heavy (non-hydrogen) atoms. The van der Waals surface area contributed by atoms with E-state index in [1.807, 2.05) is 0 Å². The smallest absolute Gasteiger partial charge is 0.0460 e. The number of rotatable bonds is 2. The van der Waals surface area contributed by atoms with E-state index < -0.39 is 0 Å². The second-order valence-corrected chi connectivity index (χ2v) is 5.98. The normalized spacial score (nSPS) is 19.8. The van der Waals surface area contributed by atoms with Gasteiger partial charge in [-0.2, -0.15) is 0 Å². The molecule has 1 aromatic carbocycles. The van der Waals surface area contributed by atoms with Gasteiger partial charge in [-0.25, -0.2) is 0 Å². The summed E-state index contributed by atoms with van der Waals surface area (Å²) in [4.78, 5) is 3.61. The Bertz CT molecular complexity index is 559. The molecule has 0 amide bonds. The lowest BCUT2D eigenvalue weighted by atomic mass is 10.0. The van der Waals surface area contributed by atoms with Crippen LogP contribution in [0.3, 0.4) is 0 Å². The zero-order valence-electron chi connectivity index (χ0n) is 10.7. The molecule has 1 unspecified atom stereocenters. The fourth-order valence-electron chi connectivity index (χ4n) is 3.08. The van der Waals surface area contributed by atoms with E-state index in [2.05, 4.69) is 51.4 Å². The summed E-state index contributed by atoms with van der Waals surface area (Å²) in [5, 5.41) is 5.02. The maximum Gasteiger partial charge on any atom is 0.0460 e. The molecule has 1 atom stereocenters. The fraction of sp³-hybridized carbons (Fsp3) is 0.467. The molecule has 3 heteroatoms. The molecule has 0 radical (unpaired) electrons. The van der Waals surface area contributed by atoms with E-state index >= 15 is 0 Å². The van der Waals surface area contributed by atoms with Crippen LogP contribution in [0.2, 0.25) is 0 Å². The molecule has 0 saturated carbocycles. The summed E-state index contributed by atoms with van der Waals surface area (Å²) in [6, 6.07) is 7.05. The molecule has 1 heterocycles. The minimum atomic E-state index is 0.510. The zero-order chi connectivity index (χ0) is 12.5. The van der Waals surface area contributed by atoms with E-state index in [0.717, 1.165) is 11.0 Å². The van der Waals surface area contributed by atoms with Gasteiger partial charge in [-0.15, -0.1) is 0 Å². The summed E-state index contributed by atoms with van der Waals surface area (Å²) >= 11 is 3.59. The van der Waals surface area contributed by atoms with Crippen molar-refractivity contribution >= 4 is 26.8 Å². The van der Waals surface area contributed by atoms with Gasteiger partial charge < -0.3 is 10.3 Å². The fourth-order valence-corrected chi connectivity index (χ4v) is 3.44. The summed E-state index contributed by atoms with van der Waals surface area (Å²) in [6.45, 7) is 3.22. The third-order valence-electron chi connectivity index (χ3n) is 3.85. The first-order valence-electron chi connectivity index (χ1n) is 6.83. The van der Waals surface area contributed by atoms with Crippen molar-refractivity contribution in [2.24, 2.45) is 0 Å². The Kier molecular flexibility index (Phi) is 3.44. The van der Waals surface area contributed by atoms with Crippen LogP contribution in [0.25, 0.3) is 10.9 Å². The lowest BCUT2D eigenvalue weighted by Gasteiger charge is -2.16. The van der Waals surface area contributed by atoms with Crippen LogP contribution in [0, 0.1) is 0 Å². The van der Waals surface area contributed by atoms with Crippen LogP contribution in [-0.2, 0) is 6.42 Å². The highest BCUT2D eigenvalue weighted by molar-refractivity contribution is 9.10. The molecule has 2 nitrogen and oxygen atoms in total. The van der Waals surface area contributed by atoms with E-state index in [9.17, 15) is 0 Å². The molecule has 0 spiro atoms. The highest BCUT2D eigenvalue weighted by Crippen LogP contribution is 2.35. The number of hydrogen-bond donors (Lipinski definition) is 2. The van der Waals surface area contributed by atoms with Crippen LogP contribution in [0.4, 0.5) is 0 Å². The van der Waals surface area contributed by atoms with E-state index in [1.54, 1.807) is 0 Å². The van der Waals surface area contributed by atoms with Crippen molar-refractivity contribution in [1.82, 2.24) is 10.3 Å². The van der Waals surface area contributed by atoms with Crippen molar-refractivity contribution in [3.8, 4) is 0 Å². The van der Waals surface area contributed by atoms with Crippen molar-refractivity contribution in [2.45, 2.75) is 38.6 Å². The maximum absolute atomic E-state index is 3.64. The predicted octanol–water partition coefficient (Wildman–Crippen LogP) is 4.31. The molecule has 3 rings (SSSR count). The average molecular weight is 307 g/mol. The number of fused-ring (bicyclic) bond motifs is 3. The van der Waals surface area contributed by atoms with Crippen LogP contribution in [0.1, 0.15) is 43.5 Å². The van der Waals surface area contributed by atoms with Gasteiger partial charge in [0.1, 0.15) is 0 Å². The molecule has 0 saturated heterocycles. The Morgan fingerprint density at radius 1 is 1.39 bits per heavy atom. The van der Waals surface area contributed by atoms with E-state index in [1.165, 1.54) is 47.8 Å². The van der Waals surface area contributed by atoms with Crippen molar-refractivity contribution in [2.75, 3.05) is 6.54 Å². The van der Waals surface area contributed by atoms with E-state index in [0.29, 0.717) is 6.04 Å². The average Bonchev–Trinajstić information content (AvgIpc) is 2.59. The second-order valence-electron chi connectivity index (χ2n) is 5.06. The molecule has 0 bridgehead atoms. The van der Waals surface area contributed by atoms with Gasteiger partial charge in [0.2, 0.25) is 0 Å². The van der Waals surface area contributed by atoms with Gasteiger partial charge in [-0.3, -0.25) is 0 Å². The van der Waals surface area contributed by atoms with Crippen LogP contribution < -0.4 is 5.32 Å². The van der Waals surface area contributed by atoms with Gasteiger partial charge in [-0.1, -0.05) is 29.3 Å². The standard InChI is InChI=1S/C15H19BrN2/c1-2-17-13-5-3-4-6-14-15(13)11-9-10(16)7-8-12(11)18-14/h7-9,13,17-18H,2-6H2,1H3. The largest absolute Gasteiger partial charge is 0.358 e. The monoisotopic (exact) mass is 306 g/mol. The summed E-state index contributed by atoms with van der Waals surface area (Å²) in [6.07, 6.45) is 5.04. The summed E-state index contributed by atoms with van der Waals surface area (Å²) in [7, 11) is 0. The molecule has 1 aliphatic carbocycles. The molecular weight excluding hydrogens is 288 g/mol. The van der Waals surface area contributed by atoms with Gasteiger partial charge in [0.25, 0.3) is 0 Å². The second kappa shape index (κ2) is 5.06. The molecule has 1 aliphatic rings. The van der Waals surface area contributed by atoms with Gasteiger partial charge in [0.15, 0.2) is 0 Å². The molecule has 0 aliphatic heterocycles. The number of aromatic amines is 1. The molecule has 0 fully saturated rings. The topological polar surface area (TPSA) is 27.8 Å². The highest BCUT2D eigenvalue weighted by Gasteiger charge is 2.22. The quantitative estimate of drug-likeness (QED) is 0.795. The number of H-pyrrole nitrogens is 1. The van der Waals surface area contributed by atoms with Gasteiger partial charge in [-0.05, 0) is 49.6 Å². The van der Waals surface area contributed by atoms with Gasteiger partial charge >= 0.3 is 0 Å². The molecule has 96 valence electrons. The molecule has 1 aromatic heterocycles. The lowest BCUT2D eigenvalue weighted by Crippen LogP contribution is -2.20. The summed E-state index contributed by atoms with van der Waals surface area (Å²) in [5.41, 5.74) is 4.21. The number of halogens is 1. The number of benzene rings is 1. The zero-order valence-corrected chi connectivity index (χ0v) is 12.3. The van der Waals surface area contributed by atoms with Crippen LogP contribution >= 0.6 is 15.9 Å². The minimum Gasteiger partial charge on any atom is -0.358 e. The third kappa shape index (κ3) is 2.10. The molecule has 2 aromatic rings. The van der Waals surface area contributed by atoms with Crippen LogP contribution in [-0.4, -0.2) is 11.5 Å². The Morgan fingerprint density at radius 2 is 2.28 bits per heavy atom. The first-order chi connectivity index (χ1) is 8.79. The van der Waals surface area contributed by atoms with Gasteiger partial charge in [0, 0.05) is 27.1 Å². The van der Waals surface area contributed by atoms with Crippen LogP contribution in [0.15, 0.2) is 22.7 Å². The Balaban J connectivity index is 2.17. The van der Waals surface area contributed by atoms with E-state index in [4.69, 9.17) is 0 Å². The number of aromatic nitrogens is 1. The van der Waals surface area contributed by atoms with Crippen molar-refractivity contribution in [3.05, 3.63) is 33.9 Å². The number of nitrogens with one attached hydrogen (secondary N) is 2. The maximum atomic E-state index is 3.64. The first kappa shape index (κ1) is 12.2. The SMILES string of the molecule is CCNC1CCCCc2[nH]c3ccc(Br)cc3c21. The Labute approximate surface area is 116 Å². The van der Waals surface area contributed by atoms with Crippen molar-refractivity contribution < 1.29 is 0 Å². The van der Waals surface area contributed by atoms with Gasteiger partial charge in [0.05, 0.1) is 0 Å². The Morgan fingerprint density at radius 3 is 3.11 bits per heavy atom. The summed E-state index contributed by atoms with van der Waals surface area (Å²) < 4.78 is 1.16. The number of hydrogen-bond acceptors (Lipinski definition) is 1. The highest BCUT2D eigenvalue weighted by atomic mass is 79.9. The minimum absolute atomic E-state index is 0.510. The number of aryl methyl sites for hydroxylation is 1. The van der Waals surface area contributed by atoms with Crippen LogP contribution in [0.5, 0.6) is 0 Å². The lowest BCUT2D eigenvalue weighted by molar-refractivity contribution is 0.506. The van der Waals surface area contributed by atoms with Crippen molar-refractivity contribution in [3.63, 3.8) is 0 Å².